The van der Waals surface area contributed by atoms with Gasteiger partial charge in [-0.15, -0.1) is 0 Å². The van der Waals surface area contributed by atoms with Gasteiger partial charge in [0.25, 0.3) is 0 Å². The second kappa shape index (κ2) is 10.2. The molecule has 0 unspecified atom stereocenters. The van der Waals surface area contributed by atoms with E-state index in [4.69, 9.17) is 24.4 Å². The highest BCUT2D eigenvalue weighted by Gasteiger charge is 2.19. The quantitative estimate of drug-likeness (QED) is 0.195. The highest BCUT2D eigenvalue weighted by atomic mass is 16.3. The Morgan fingerprint density at radius 2 is 1.04 bits per heavy atom. The van der Waals surface area contributed by atoms with Crippen molar-refractivity contribution in [3.05, 3.63) is 146 Å². The zero-order valence-electron chi connectivity index (χ0n) is 24.1. The van der Waals surface area contributed by atoms with Crippen molar-refractivity contribution in [2.24, 2.45) is 0 Å². The van der Waals surface area contributed by atoms with Crippen molar-refractivity contribution in [3.63, 3.8) is 0 Å². The number of rotatable bonds is 4. The Morgan fingerprint density at radius 1 is 0.444 bits per heavy atom. The molecule has 0 aliphatic carbocycles. The van der Waals surface area contributed by atoms with Crippen LogP contribution >= 0.6 is 0 Å². The van der Waals surface area contributed by atoms with E-state index in [1.54, 1.807) is 0 Å². The standard InChI is InChI=1S/C40H24N4O/c1-3-12-26(13-4-1)38-42-39(27-14-5-2-6-15-27)44-40(43-38)29-21-22-33(41-24-29)32-23-28-20-19-25-11-7-8-16-30(25)35(28)36-31-17-9-10-18-34(31)45-37(32)36/h1-24H. The van der Waals surface area contributed by atoms with E-state index in [1.165, 1.54) is 16.2 Å². The molecule has 5 heteroatoms. The summed E-state index contributed by atoms with van der Waals surface area (Å²) in [6.07, 6.45) is 1.84. The van der Waals surface area contributed by atoms with Gasteiger partial charge in [0.05, 0.1) is 5.69 Å². The average molecular weight is 577 g/mol. The van der Waals surface area contributed by atoms with E-state index in [1.807, 2.05) is 91.1 Å². The lowest BCUT2D eigenvalue weighted by Gasteiger charge is -2.10. The largest absolute Gasteiger partial charge is 0.455 e. The van der Waals surface area contributed by atoms with Crippen LogP contribution in [0.25, 0.3) is 88.9 Å². The maximum atomic E-state index is 6.57. The molecule has 45 heavy (non-hydrogen) atoms. The van der Waals surface area contributed by atoms with Crippen molar-refractivity contribution in [2.75, 3.05) is 0 Å². The fraction of sp³-hybridized carbons (Fsp3) is 0. The first-order valence-corrected chi connectivity index (χ1v) is 14.9. The number of benzene rings is 6. The molecule has 0 aliphatic rings. The molecule has 210 valence electrons. The van der Waals surface area contributed by atoms with E-state index in [0.717, 1.165) is 55.3 Å². The smallest absolute Gasteiger partial charge is 0.165 e. The predicted molar refractivity (Wildman–Crippen MR) is 182 cm³/mol. The molecule has 0 N–H and O–H groups in total. The molecule has 9 rings (SSSR count). The lowest BCUT2D eigenvalue weighted by Crippen LogP contribution is -2.00. The second-order valence-electron chi connectivity index (χ2n) is 11.1. The van der Waals surface area contributed by atoms with Gasteiger partial charge >= 0.3 is 0 Å². The molecule has 0 saturated carbocycles. The first kappa shape index (κ1) is 25.3. The zero-order chi connectivity index (χ0) is 29.7. The maximum Gasteiger partial charge on any atom is 0.165 e. The summed E-state index contributed by atoms with van der Waals surface area (Å²) in [5, 5.41) is 6.96. The first-order chi connectivity index (χ1) is 22.3. The van der Waals surface area contributed by atoms with Gasteiger partial charge in [-0.1, -0.05) is 115 Å². The van der Waals surface area contributed by atoms with Crippen LogP contribution in [0.4, 0.5) is 0 Å². The first-order valence-electron chi connectivity index (χ1n) is 14.9. The molecule has 3 aromatic heterocycles. The maximum absolute atomic E-state index is 6.57. The minimum Gasteiger partial charge on any atom is -0.455 e. The number of fused-ring (bicyclic) bond motifs is 7. The third kappa shape index (κ3) is 4.25. The van der Waals surface area contributed by atoms with Crippen LogP contribution in [-0.2, 0) is 0 Å². The fourth-order valence-corrected chi connectivity index (χ4v) is 6.21. The molecule has 6 aromatic carbocycles. The molecule has 3 heterocycles. The highest BCUT2D eigenvalue weighted by Crippen LogP contribution is 2.43. The monoisotopic (exact) mass is 576 g/mol. The van der Waals surface area contributed by atoms with Gasteiger partial charge in [0.2, 0.25) is 0 Å². The molecular weight excluding hydrogens is 552 g/mol. The van der Waals surface area contributed by atoms with Crippen molar-refractivity contribution in [2.45, 2.75) is 0 Å². The molecule has 0 saturated heterocycles. The van der Waals surface area contributed by atoms with E-state index >= 15 is 0 Å². The third-order valence-corrected chi connectivity index (χ3v) is 8.35. The number of nitrogens with zero attached hydrogens (tertiary/aromatic N) is 4. The van der Waals surface area contributed by atoms with Crippen LogP contribution < -0.4 is 0 Å². The van der Waals surface area contributed by atoms with E-state index in [-0.39, 0.29) is 0 Å². The molecular formula is C40H24N4O. The number of aromatic nitrogens is 4. The minimum atomic E-state index is 0.570. The van der Waals surface area contributed by atoms with Crippen molar-refractivity contribution in [1.82, 2.24) is 19.9 Å². The molecule has 5 nitrogen and oxygen atoms in total. The molecule has 0 amide bonds. The van der Waals surface area contributed by atoms with E-state index in [0.29, 0.717) is 17.5 Å². The van der Waals surface area contributed by atoms with Gasteiger partial charge in [-0.25, -0.2) is 15.0 Å². The lowest BCUT2D eigenvalue weighted by molar-refractivity contribution is 0.670. The Kier molecular flexibility index (Phi) is 5.74. The summed E-state index contributed by atoms with van der Waals surface area (Å²) >= 11 is 0. The van der Waals surface area contributed by atoms with Gasteiger partial charge in [0, 0.05) is 44.6 Å². The summed E-state index contributed by atoms with van der Waals surface area (Å²) in [5.41, 5.74) is 6.12. The number of para-hydroxylation sites is 1. The van der Waals surface area contributed by atoms with Gasteiger partial charge in [-0.2, -0.15) is 0 Å². The topological polar surface area (TPSA) is 64.7 Å². The van der Waals surface area contributed by atoms with Crippen LogP contribution in [0.2, 0.25) is 0 Å². The molecule has 0 bridgehead atoms. The minimum absolute atomic E-state index is 0.570. The normalized spacial score (nSPS) is 11.6. The number of hydrogen-bond acceptors (Lipinski definition) is 5. The van der Waals surface area contributed by atoms with E-state index in [2.05, 4.69) is 54.6 Å². The van der Waals surface area contributed by atoms with Crippen LogP contribution in [0.15, 0.2) is 150 Å². The van der Waals surface area contributed by atoms with Gasteiger partial charge in [0.1, 0.15) is 11.2 Å². The Balaban J connectivity index is 1.22. The van der Waals surface area contributed by atoms with E-state index in [9.17, 15) is 0 Å². The molecule has 0 atom stereocenters. The van der Waals surface area contributed by atoms with Crippen LogP contribution in [0.5, 0.6) is 0 Å². The number of hydrogen-bond donors (Lipinski definition) is 0. The molecule has 0 fully saturated rings. The molecule has 0 aliphatic heterocycles. The summed E-state index contributed by atoms with van der Waals surface area (Å²) in [6.45, 7) is 0. The van der Waals surface area contributed by atoms with Crippen LogP contribution in [0.3, 0.4) is 0 Å². The average Bonchev–Trinajstić information content (AvgIpc) is 3.51. The zero-order valence-corrected chi connectivity index (χ0v) is 24.1. The fourth-order valence-electron chi connectivity index (χ4n) is 6.21. The van der Waals surface area contributed by atoms with E-state index < -0.39 is 0 Å². The lowest BCUT2D eigenvalue weighted by atomic mass is 9.94. The summed E-state index contributed by atoms with van der Waals surface area (Å²) in [5.74, 6) is 1.81. The van der Waals surface area contributed by atoms with Gasteiger partial charge in [0.15, 0.2) is 17.5 Å². The third-order valence-electron chi connectivity index (χ3n) is 8.35. The van der Waals surface area contributed by atoms with Crippen LogP contribution in [0, 0.1) is 0 Å². The predicted octanol–water partition coefficient (Wildman–Crippen LogP) is 10.1. The second-order valence-corrected chi connectivity index (χ2v) is 11.1. The summed E-state index contributed by atoms with van der Waals surface area (Å²) in [7, 11) is 0. The van der Waals surface area contributed by atoms with Crippen molar-refractivity contribution in [1.29, 1.82) is 0 Å². The number of pyridine rings is 1. The summed E-state index contributed by atoms with van der Waals surface area (Å²) in [6, 6.07) is 47.4. The molecule has 9 aromatic rings. The Morgan fingerprint density at radius 3 is 1.73 bits per heavy atom. The Bertz CT molecular complexity index is 2460. The van der Waals surface area contributed by atoms with Crippen molar-refractivity contribution < 1.29 is 4.42 Å². The number of furan rings is 1. The molecule has 0 spiro atoms. The highest BCUT2D eigenvalue weighted by molar-refractivity contribution is 6.29. The van der Waals surface area contributed by atoms with Crippen LogP contribution in [-0.4, -0.2) is 19.9 Å². The van der Waals surface area contributed by atoms with Crippen molar-refractivity contribution in [3.8, 4) is 45.4 Å². The van der Waals surface area contributed by atoms with Gasteiger partial charge < -0.3 is 4.42 Å². The summed E-state index contributed by atoms with van der Waals surface area (Å²) < 4.78 is 6.57. The van der Waals surface area contributed by atoms with Gasteiger partial charge in [-0.3, -0.25) is 4.98 Å². The SMILES string of the molecule is c1ccc(-c2nc(-c3ccccc3)nc(-c3ccc(-c4cc5ccc6ccccc6c5c5c4oc4ccccc45)nc3)n2)cc1. The van der Waals surface area contributed by atoms with Crippen molar-refractivity contribution >= 4 is 43.5 Å². The van der Waals surface area contributed by atoms with Gasteiger partial charge in [-0.05, 0) is 40.4 Å². The van der Waals surface area contributed by atoms with Crippen LogP contribution in [0.1, 0.15) is 0 Å². The Labute approximate surface area is 258 Å². The molecule has 0 radical (unpaired) electrons. The Hall–Kier alpha value is -6.20. The summed E-state index contributed by atoms with van der Waals surface area (Å²) in [4.78, 5) is 19.5.